The Kier molecular flexibility index (Phi) is 7.37. The molecule has 3 aromatic rings. The molecule has 0 saturated carbocycles. The number of rotatable bonds is 7. The van der Waals surface area contributed by atoms with Crippen molar-refractivity contribution in [1.29, 1.82) is 0 Å². The van der Waals surface area contributed by atoms with Gasteiger partial charge in [-0.3, -0.25) is 0 Å². The Bertz CT molecular complexity index is 1170. The molecular formula is C23H22ClFN2O4S. The van der Waals surface area contributed by atoms with Crippen molar-refractivity contribution in [3.8, 4) is 5.75 Å². The van der Waals surface area contributed by atoms with Crippen LogP contribution in [0.5, 0.6) is 5.75 Å². The monoisotopic (exact) mass is 476 g/mol. The summed E-state index contributed by atoms with van der Waals surface area (Å²) in [6.07, 6.45) is 0. The molecule has 1 N–H and O–H groups in total. The first kappa shape index (κ1) is 23.6. The number of carbonyl (C=O) groups is 1. The van der Waals surface area contributed by atoms with Gasteiger partial charge in [0.15, 0.2) is 0 Å². The lowest BCUT2D eigenvalue weighted by molar-refractivity contribution is 0.193. The maximum Gasteiger partial charge on any atom is 0.339 e. The first-order valence-electron chi connectivity index (χ1n) is 9.76. The molecule has 0 fully saturated rings. The zero-order valence-electron chi connectivity index (χ0n) is 17.5. The summed E-state index contributed by atoms with van der Waals surface area (Å²) in [5.41, 5.74) is 1.41. The van der Waals surface area contributed by atoms with Crippen LogP contribution in [0.2, 0.25) is 5.02 Å². The van der Waals surface area contributed by atoms with E-state index in [2.05, 4.69) is 5.32 Å². The Morgan fingerprint density at radius 2 is 1.59 bits per heavy atom. The average molecular weight is 477 g/mol. The number of hydrogen-bond acceptors (Lipinski definition) is 4. The molecule has 0 radical (unpaired) electrons. The van der Waals surface area contributed by atoms with Gasteiger partial charge in [-0.1, -0.05) is 23.7 Å². The smallest absolute Gasteiger partial charge is 0.339 e. The van der Waals surface area contributed by atoms with Crippen molar-refractivity contribution in [2.75, 3.05) is 5.32 Å². The first-order chi connectivity index (χ1) is 15.1. The van der Waals surface area contributed by atoms with Crippen LogP contribution in [0.15, 0.2) is 77.7 Å². The predicted molar refractivity (Wildman–Crippen MR) is 122 cm³/mol. The van der Waals surface area contributed by atoms with E-state index in [0.717, 1.165) is 29.8 Å². The van der Waals surface area contributed by atoms with Crippen molar-refractivity contribution in [2.24, 2.45) is 0 Å². The topological polar surface area (TPSA) is 75.7 Å². The highest BCUT2D eigenvalue weighted by molar-refractivity contribution is 7.87. The summed E-state index contributed by atoms with van der Waals surface area (Å²) in [6.45, 7) is 4.10. The van der Waals surface area contributed by atoms with Gasteiger partial charge < -0.3 is 14.4 Å². The number of hydrogen-bond donors (Lipinski definition) is 1. The molecule has 0 heterocycles. The number of carbonyl (C=O) groups excluding carboxylic acids is 1. The van der Waals surface area contributed by atoms with E-state index in [0.29, 0.717) is 17.3 Å². The van der Waals surface area contributed by atoms with E-state index < -0.39 is 15.9 Å². The quantitative estimate of drug-likeness (QED) is 0.444. The first-order valence-corrected chi connectivity index (χ1v) is 11.5. The minimum Gasteiger partial charge on any atom is -0.379 e. The molecule has 0 aromatic heterocycles. The molecule has 0 aliphatic heterocycles. The minimum atomic E-state index is -4.08. The number of amides is 2. The van der Waals surface area contributed by atoms with Gasteiger partial charge in [-0.15, -0.1) is 0 Å². The number of urea groups is 1. The summed E-state index contributed by atoms with van der Waals surface area (Å²) in [5, 5.41) is 3.41. The second kappa shape index (κ2) is 10.0. The van der Waals surface area contributed by atoms with Gasteiger partial charge in [-0.25, -0.2) is 9.18 Å². The molecule has 6 nitrogen and oxygen atoms in total. The van der Waals surface area contributed by atoms with Crippen LogP contribution in [0, 0.1) is 5.82 Å². The van der Waals surface area contributed by atoms with Gasteiger partial charge in [0.1, 0.15) is 16.5 Å². The third-order valence-electron chi connectivity index (χ3n) is 4.56. The van der Waals surface area contributed by atoms with Gasteiger partial charge >= 0.3 is 16.1 Å². The maximum absolute atomic E-state index is 13.0. The van der Waals surface area contributed by atoms with Gasteiger partial charge in [0, 0.05) is 23.3 Å². The number of halogens is 2. The lowest BCUT2D eigenvalue weighted by Crippen LogP contribution is -2.39. The van der Waals surface area contributed by atoms with E-state index in [-0.39, 0.29) is 22.7 Å². The third-order valence-corrected chi connectivity index (χ3v) is 6.08. The highest BCUT2D eigenvalue weighted by Gasteiger charge is 2.19. The SMILES string of the molecule is CC(C)N(Cc1ccc(OS(=O)(=O)c2ccc(F)cc2)cc1)C(=O)Nc1ccc(Cl)cc1. The average Bonchev–Trinajstić information content (AvgIpc) is 2.74. The number of benzene rings is 3. The van der Waals surface area contributed by atoms with E-state index in [1.54, 1.807) is 41.3 Å². The maximum atomic E-state index is 13.0. The summed E-state index contributed by atoms with van der Waals surface area (Å²) in [5.74, 6) is -0.428. The van der Waals surface area contributed by atoms with Gasteiger partial charge in [0.2, 0.25) is 0 Å². The molecule has 2 amide bonds. The molecule has 3 aromatic carbocycles. The lowest BCUT2D eigenvalue weighted by Gasteiger charge is -2.27. The van der Waals surface area contributed by atoms with Crippen molar-refractivity contribution >= 4 is 33.4 Å². The standard InChI is InChI=1S/C23H22ClFN2O4S/c1-16(2)27(23(28)26-20-9-5-18(24)6-10-20)15-17-3-11-21(12-4-17)31-32(29,30)22-13-7-19(25)8-14-22/h3-14,16H,15H2,1-2H3,(H,26,28). The van der Waals surface area contributed by atoms with Crippen molar-refractivity contribution in [2.45, 2.75) is 31.3 Å². The molecule has 0 bridgehead atoms. The molecular weight excluding hydrogens is 455 g/mol. The van der Waals surface area contributed by atoms with E-state index in [1.807, 2.05) is 13.8 Å². The largest absolute Gasteiger partial charge is 0.379 e. The van der Waals surface area contributed by atoms with Crippen molar-refractivity contribution < 1.29 is 21.8 Å². The van der Waals surface area contributed by atoms with Gasteiger partial charge in [0.05, 0.1) is 0 Å². The molecule has 168 valence electrons. The predicted octanol–water partition coefficient (Wildman–Crippen LogP) is 5.69. The molecule has 0 unspecified atom stereocenters. The van der Waals surface area contributed by atoms with Crippen molar-refractivity contribution in [3.63, 3.8) is 0 Å². The fraction of sp³-hybridized carbons (Fsp3) is 0.174. The Hall–Kier alpha value is -3.10. The summed E-state index contributed by atoms with van der Waals surface area (Å²) < 4.78 is 42.8. The third kappa shape index (κ3) is 6.21. The number of anilines is 1. The van der Waals surface area contributed by atoms with Crippen LogP contribution < -0.4 is 9.50 Å². The van der Waals surface area contributed by atoms with Crippen molar-refractivity contribution in [1.82, 2.24) is 4.90 Å². The van der Waals surface area contributed by atoms with Gasteiger partial charge in [0.25, 0.3) is 0 Å². The summed E-state index contributed by atoms with van der Waals surface area (Å²) in [6, 6.07) is 17.2. The Balaban J connectivity index is 1.67. The van der Waals surface area contributed by atoms with Crippen LogP contribution in [0.4, 0.5) is 14.9 Å². The molecule has 0 saturated heterocycles. The van der Waals surface area contributed by atoms with E-state index in [9.17, 15) is 17.6 Å². The highest BCUT2D eigenvalue weighted by atomic mass is 35.5. The summed E-state index contributed by atoms with van der Waals surface area (Å²) in [4.78, 5) is 14.2. The second-order valence-electron chi connectivity index (χ2n) is 7.29. The van der Waals surface area contributed by atoms with Crippen LogP contribution in [-0.2, 0) is 16.7 Å². The normalized spacial score (nSPS) is 11.3. The molecule has 0 aliphatic rings. The van der Waals surface area contributed by atoms with Crippen LogP contribution in [0.25, 0.3) is 0 Å². The second-order valence-corrected chi connectivity index (χ2v) is 9.28. The van der Waals surface area contributed by atoms with Crippen LogP contribution in [0.1, 0.15) is 19.4 Å². The lowest BCUT2D eigenvalue weighted by atomic mass is 10.2. The highest BCUT2D eigenvalue weighted by Crippen LogP contribution is 2.21. The van der Waals surface area contributed by atoms with E-state index in [4.69, 9.17) is 15.8 Å². The zero-order valence-corrected chi connectivity index (χ0v) is 19.0. The molecule has 0 atom stereocenters. The van der Waals surface area contributed by atoms with Crippen LogP contribution >= 0.6 is 11.6 Å². The molecule has 9 heteroatoms. The fourth-order valence-corrected chi connectivity index (χ4v) is 3.90. The Morgan fingerprint density at radius 3 is 2.16 bits per heavy atom. The van der Waals surface area contributed by atoms with Gasteiger partial charge in [-0.2, -0.15) is 8.42 Å². The number of nitrogens with zero attached hydrogens (tertiary/aromatic N) is 1. The van der Waals surface area contributed by atoms with Crippen LogP contribution in [-0.4, -0.2) is 25.4 Å². The Morgan fingerprint density at radius 1 is 1.00 bits per heavy atom. The minimum absolute atomic E-state index is 0.0860. The number of nitrogens with one attached hydrogen (secondary N) is 1. The van der Waals surface area contributed by atoms with Crippen molar-refractivity contribution in [3.05, 3.63) is 89.2 Å². The summed E-state index contributed by atoms with van der Waals surface area (Å²) in [7, 11) is -4.08. The molecule has 3 rings (SSSR count). The summed E-state index contributed by atoms with van der Waals surface area (Å²) >= 11 is 5.88. The Labute approximate surface area is 191 Å². The fourth-order valence-electron chi connectivity index (χ4n) is 2.84. The van der Waals surface area contributed by atoms with Crippen LogP contribution in [0.3, 0.4) is 0 Å². The zero-order chi connectivity index (χ0) is 23.3. The molecule has 32 heavy (non-hydrogen) atoms. The van der Waals surface area contributed by atoms with E-state index in [1.165, 1.54) is 12.1 Å². The molecule has 0 spiro atoms. The van der Waals surface area contributed by atoms with E-state index >= 15 is 0 Å². The van der Waals surface area contributed by atoms with Gasteiger partial charge in [-0.05, 0) is 80.1 Å². The molecule has 0 aliphatic carbocycles.